The van der Waals surface area contributed by atoms with Crippen LogP contribution in [-0.4, -0.2) is 93.7 Å². The molecule has 282 valence electrons. The molecule has 54 heavy (non-hydrogen) atoms. The van der Waals surface area contributed by atoms with E-state index in [-0.39, 0.29) is 32.0 Å². The van der Waals surface area contributed by atoms with Gasteiger partial charge in [0.2, 0.25) is 21.8 Å². The van der Waals surface area contributed by atoms with E-state index in [1.54, 1.807) is 17.0 Å². The zero-order valence-corrected chi connectivity index (χ0v) is 31.7. The number of carbonyl (C=O) groups excluding carboxylic acids is 3. The van der Waals surface area contributed by atoms with Gasteiger partial charge in [0, 0.05) is 61.8 Å². The molecule has 1 N–H and O–H groups in total. The number of likely N-dealkylation sites (tertiary alicyclic amines) is 1. The first kappa shape index (κ1) is 37.3. The molecule has 3 heterocycles. The smallest absolute Gasteiger partial charge is 0.410 e. The number of para-hydroxylation sites is 2. The Morgan fingerprint density at radius 3 is 2.17 bits per heavy atom. The van der Waals surface area contributed by atoms with E-state index < -0.39 is 39.5 Å². The largest absolute Gasteiger partial charge is 0.445 e. The van der Waals surface area contributed by atoms with Gasteiger partial charge in [0.15, 0.2) is 0 Å². The highest BCUT2D eigenvalue weighted by Gasteiger charge is 2.48. The number of halogens is 1. The maximum atomic E-state index is 14.5. The third-order valence-electron chi connectivity index (χ3n) is 10.8. The Balaban J connectivity index is 1.11. The van der Waals surface area contributed by atoms with Crippen molar-refractivity contribution >= 4 is 50.9 Å². The summed E-state index contributed by atoms with van der Waals surface area (Å²) >= 11 is 6.19. The second-order valence-electron chi connectivity index (χ2n) is 14.3. The summed E-state index contributed by atoms with van der Waals surface area (Å²) in [5, 5.41) is 3.61. The number of piperidine rings is 1. The maximum absolute atomic E-state index is 14.5. The van der Waals surface area contributed by atoms with Crippen molar-refractivity contribution in [2.45, 2.75) is 43.4 Å². The molecule has 11 nitrogen and oxygen atoms in total. The van der Waals surface area contributed by atoms with Crippen LogP contribution in [0.3, 0.4) is 0 Å². The first-order valence-electron chi connectivity index (χ1n) is 18.2. The van der Waals surface area contributed by atoms with Crippen LogP contribution in [0.2, 0.25) is 5.02 Å². The number of hydrogen-bond donors (Lipinski definition) is 1. The average molecular weight is 770 g/mol. The van der Waals surface area contributed by atoms with Crippen molar-refractivity contribution in [2.75, 3.05) is 54.7 Å². The minimum Gasteiger partial charge on any atom is -0.445 e. The van der Waals surface area contributed by atoms with Gasteiger partial charge in [-0.25, -0.2) is 13.2 Å². The van der Waals surface area contributed by atoms with Crippen LogP contribution >= 0.6 is 11.6 Å². The fourth-order valence-electron chi connectivity index (χ4n) is 7.91. The zero-order valence-electron chi connectivity index (χ0n) is 30.1. The molecule has 0 radical (unpaired) electrons. The fraction of sp³-hybridized carbons (Fsp3) is 0.341. The van der Waals surface area contributed by atoms with E-state index in [9.17, 15) is 22.8 Å². The Hall–Kier alpha value is -5.07. The molecule has 0 aromatic heterocycles. The van der Waals surface area contributed by atoms with Gasteiger partial charge in [-0.1, -0.05) is 90.5 Å². The minimum absolute atomic E-state index is 0.0630. The molecule has 3 aliphatic rings. The quantitative estimate of drug-likeness (QED) is 0.248. The molecule has 1 spiro atoms. The Bertz CT molecular complexity index is 2080. The minimum atomic E-state index is -3.49. The first-order valence-corrected chi connectivity index (χ1v) is 20.4. The molecule has 2 fully saturated rings. The lowest BCUT2D eigenvalue weighted by atomic mass is 9.74. The van der Waals surface area contributed by atoms with Gasteiger partial charge in [-0.3, -0.25) is 18.8 Å². The molecule has 2 saturated heterocycles. The lowest BCUT2D eigenvalue weighted by Gasteiger charge is -2.42. The molecule has 0 saturated carbocycles. The van der Waals surface area contributed by atoms with Crippen molar-refractivity contribution in [3.05, 3.63) is 131 Å². The summed E-state index contributed by atoms with van der Waals surface area (Å²) in [5.74, 6) is -0.699. The van der Waals surface area contributed by atoms with E-state index in [1.165, 1.54) is 15.5 Å². The Morgan fingerprint density at radius 2 is 1.48 bits per heavy atom. The van der Waals surface area contributed by atoms with Crippen LogP contribution in [0.5, 0.6) is 0 Å². The van der Waals surface area contributed by atoms with Gasteiger partial charge in [0.25, 0.3) is 0 Å². The molecule has 13 heteroatoms. The van der Waals surface area contributed by atoms with E-state index in [4.69, 9.17) is 16.3 Å². The maximum Gasteiger partial charge on any atom is 0.410 e. The monoisotopic (exact) mass is 769 g/mol. The lowest BCUT2D eigenvalue weighted by Crippen LogP contribution is -2.63. The molecule has 3 amide bonds. The van der Waals surface area contributed by atoms with Crippen LogP contribution in [0, 0.1) is 0 Å². The summed E-state index contributed by atoms with van der Waals surface area (Å²) in [4.78, 5) is 47.8. The molecule has 0 bridgehead atoms. The van der Waals surface area contributed by atoms with Crippen molar-refractivity contribution in [2.24, 2.45) is 0 Å². The topological polar surface area (TPSA) is 120 Å². The Labute approximate surface area is 321 Å². The van der Waals surface area contributed by atoms with Gasteiger partial charge < -0.3 is 19.9 Å². The molecular weight excluding hydrogens is 726 g/mol. The van der Waals surface area contributed by atoms with Crippen LogP contribution in [0.4, 0.5) is 16.2 Å². The number of rotatable bonds is 9. The molecule has 3 aliphatic heterocycles. The number of hydrogen-bond acceptors (Lipinski definition) is 7. The van der Waals surface area contributed by atoms with Gasteiger partial charge in [-0.05, 0) is 59.9 Å². The van der Waals surface area contributed by atoms with Crippen LogP contribution in [-0.2, 0) is 42.8 Å². The van der Waals surface area contributed by atoms with Gasteiger partial charge in [-0.15, -0.1) is 0 Å². The van der Waals surface area contributed by atoms with E-state index >= 15 is 0 Å². The third-order valence-corrected chi connectivity index (χ3v) is 12.2. The number of amides is 3. The highest BCUT2D eigenvalue weighted by Crippen LogP contribution is 2.47. The number of nitrogens with zero attached hydrogens (tertiary/aromatic N) is 4. The van der Waals surface area contributed by atoms with E-state index in [2.05, 4.69) is 10.2 Å². The van der Waals surface area contributed by atoms with Gasteiger partial charge >= 0.3 is 6.09 Å². The lowest BCUT2D eigenvalue weighted by molar-refractivity contribution is -0.139. The van der Waals surface area contributed by atoms with Crippen LogP contribution in [0.15, 0.2) is 109 Å². The van der Waals surface area contributed by atoms with Crippen LogP contribution < -0.4 is 14.5 Å². The Kier molecular flexibility index (Phi) is 10.8. The van der Waals surface area contributed by atoms with Crippen molar-refractivity contribution in [3.8, 4) is 0 Å². The van der Waals surface area contributed by atoms with Gasteiger partial charge in [-0.2, -0.15) is 0 Å². The van der Waals surface area contributed by atoms with E-state index in [1.807, 2.05) is 97.1 Å². The SMILES string of the molecule is CS(=O)(=O)N1CC2(CCN(C(=O)[C@@H](Cc3ccc(Cl)cc3)NC(=O)C3CN(c4ccccc4)CCN3C(=O)OCc3ccccc3)CC2)c2ccccc21. The Morgan fingerprint density at radius 1 is 0.833 bits per heavy atom. The second kappa shape index (κ2) is 15.7. The highest BCUT2D eigenvalue weighted by molar-refractivity contribution is 7.92. The van der Waals surface area contributed by atoms with E-state index in [0.717, 1.165) is 22.4 Å². The van der Waals surface area contributed by atoms with Crippen molar-refractivity contribution in [1.29, 1.82) is 0 Å². The fourth-order valence-corrected chi connectivity index (χ4v) is 9.03. The zero-order chi connectivity index (χ0) is 37.9. The summed E-state index contributed by atoms with van der Waals surface area (Å²) in [7, 11) is -3.49. The number of nitrogens with one attached hydrogen (secondary N) is 1. The average Bonchev–Trinajstić information content (AvgIpc) is 3.52. The van der Waals surface area contributed by atoms with Crippen molar-refractivity contribution in [1.82, 2.24) is 15.1 Å². The van der Waals surface area contributed by atoms with E-state index in [0.29, 0.717) is 49.7 Å². The van der Waals surface area contributed by atoms with Crippen LogP contribution in [0.1, 0.15) is 29.5 Å². The number of anilines is 2. The summed E-state index contributed by atoms with van der Waals surface area (Å²) in [6, 6.07) is 31.9. The van der Waals surface area contributed by atoms with Crippen LogP contribution in [0.25, 0.3) is 0 Å². The molecule has 4 aromatic carbocycles. The molecule has 1 unspecified atom stereocenters. The van der Waals surface area contributed by atoms with Gasteiger partial charge in [0.1, 0.15) is 18.7 Å². The van der Waals surface area contributed by atoms with Crippen molar-refractivity contribution in [3.63, 3.8) is 0 Å². The number of benzene rings is 4. The van der Waals surface area contributed by atoms with Gasteiger partial charge in [0.05, 0.1) is 11.9 Å². The molecule has 0 aliphatic carbocycles. The number of sulfonamides is 1. The predicted octanol–water partition coefficient (Wildman–Crippen LogP) is 5.23. The number of carbonyl (C=O) groups is 3. The third kappa shape index (κ3) is 8.05. The standard InChI is InChI=1S/C41H44ClN5O6S/c1-54(51,52)47-29-41(34-14-8-9-15-36(34)47)20-22-44(23-21-41)39(49)35(26-30-16-18-32(42)19-17-30)43-38(48)37-27-45(33-12-6-3-7-13-33)24-25-46(37)40(50)53-28-31-10-4-2-5-11-31/h2-19,35,37H,20-29H2,1H3,(H,43,48)/t35-,37?/m1/s1. The molecule has 4 aromatic rings. The number of fused-ring (bicyclic) bond motifs is 2. The predicted molar refractivity (Wildman–Crippen MR) is 209 cm³/mol. The highest BCUT2D eigenvalue weighted by atomic mass is 35.5. The van der Waals surface area contributed by atoms with Crippen molar-refractivity contribution < 1.29 is 27.5 Å². The number of piperazine rings is 1. The summed E-state index contributed by atoms with van der Waals surface area (Å²) < 4.78 is 32.7. The summed E-state index contributed by atoms with van der Waals surface area (Å²) in [6.07, 6.45) is 1.97. The summed E-state index contributed by atoms with van der Waals surface area (Å²) in [6.45, 7) is 2.12. The number of ether oxygens (including phenoxy) is 1. The second-order valence-corrected chi connectivity index (χ2v) is 16.7. The molecule has 2 atom stereocenters. The summed E-state index contributed by atoms with van der Waals surface area (Å²) in [5.41, 5.74) is 3.82. The molecule has 7 rings (SSSR count). The first-order chi connectivity index (χ1) is 26.0. The molecular formula is C41H44ClN5O6S. The normalized spacial score (nSPS) is 18.6.